The van der Waals surface area contributed by atoms with Crippen molar-refractivity contribution >= 4 is 34.0 Å². The molecule has 3 rings (SSSR count). The Morgan fingerprint density at radius 3 is 2.67 bits per heavy atom. The summed E-state index contributed by atoms with van der Waals surface area (Å²) in [4.78, 5) is 41.5. The summed E-state index contributed by atoms with van der Waals surface area (Å²) in [5, 5.41) is 30.0. The van der Waals surface area contributed by atoms with Gasteiger partial charge < -0.3 is 19.8 Å². The molecule has 1 aromatic heterocycles. The van der Waals surface area contributed by atoms with E-state index in [1.165, 1.54) is 30.5 Å². The van der Waals surface area contributed by atoms with Crippen molar-refractivity contribution in [3.63, 3.8) is 0 Å². The third kappa shape index (κ3) is 5.73. The molecule has 36 heavy (non-hydrogen) atoms. The number of hydrogen-bond donors (Lipinski definition) is 5. The van der Waals surface area contributed by atoms with Gasteiger partial charge in [-0.2, -0.15) is 0 Å². The van der Waals surface area contributed by atoms with E-state index in [1.54, 1.807) is 18.9 Å². The molecule has 9 nitrogen and oxygen atoms in total. The normalized spacial score (nSPS) is 19.1. The molecule has 1 aromatic carbocycles. The van der Waals surface area contributed by atoms with E-state index in [0.29, 0.717) is 31.4 Å². The Labute approximate surface area is 212 Å². The number of aldehydes is 1. The molecule has 1 heterocycles. The smallest absolute Gasteiger partial charge is 0.275 e. The molecule has 2 aromatic rings. The first-order valence-corrected chi connectivity index (χ1v) is 12.4. The highest BCUT2D eigenvalue weighted by Crippen LogP contribution is 2.39. The number of hydrogen-bond acceptors (Lipinski definition) is 8. The lowest BCUT2D eigenvalue weighted by Gasteiger charge is -2.41. The maximum Gasteiger partial charge on any atom is 0.275 e. The summed E-state index contributed by atoms with van der Waals surface area (Å²) in [6.07, 6.45) is 4.59. The van der Waals surface area contributed by atoms with Gasteiger partial charge in [-0.3, -0.25) is 25.7 Å². The number of aromatic hydroxyl groups is 1. The van der Waals surface area contributed by atoms with Gasteiger partial charge in [0.1, 0.15) is 17.1 Å². The second kappa shape index (κ2) is 11.6. The lowest BCUT2D eigenvalue weighted by Crippen LogP contribution is -2.58. The van der Waals surface area contributed by atoms with Crippen LogP contribution in [0.3, 0.4) is 0 Å². The fourth-order valence-corrected chi connectivity index (χ4v) is 5.44. The van der Waals surface area contributed by atoms with Gasteiger partial charge in [0.15, 0.2) is 11.4 Å². The Bertz CT molecular complexity index is 1220. The number of carbonyl (C=O) groups is 2. The van der Waals surface area contributed by atoms with Crippen LogP contribution in [0.2, 0.25) is 0 Å². The average Bonchev–Trinajstić information content (AvgIpc) is 3.26. The zero-order valence-electron chi connectivity index (χ0n) is 20.2. The number of nitrogens with one attached hydrogen (secondary N) is 4. The number of halogens is 1. The molecule has 2 atom stereocenters. The molecule has 2 unspecified atom stereocenters. The van der Waals surface area contributed by atoms with E-state index >= 15 is 0 Å². The predicted octanol–water partition coefficient (Wildman–Crippen LogP) is 3.27. The Morgan fingerprint density at radius 2 is 2.06 bits per heavy atom. The molecule has 11 heteroatoms. The van der Waals surface area contributed by atoms with Gasteiger partial charge in [-0.15, -0.1) is 0 Å². The number of aromatic amines is 1. The van der Waals surface area contributed by atoms with E-state index in [4.69, 9.17) is 10.8 Å². The molecule has 0 saturated heterocycles. The number of amides is 1. The van der Waals surface area contributed by atoms with Gasteiger partial charge in [0.2, 0.25) is 5.43 Å². The summed E-state index contributed by atoms with van der Waals surface area (Å²) in [6.45, 7) is 2.11. The maximum absolute atomic E-state index is 13.4. The number of pyridine rings is 1. The summed E-state index contributed by atoms with van der Waals surface area (Å²) >= 11 is 0.736. The van der Waals surface area contributed by atoms with Gasteiger partial charge in [0, 0.05) is 25.6 Å². The number of H-pyrrole nitrogens is 1. The minimum Gasteiger partial charge on any atom is -0.503 e. The van der Waals surface area contributed by atoms with Crippen LogP contribution in [0.5, 0.6) is 5.75 Å². The lowest BCUT2D eigenvalue weighted by molar-refractivity contribution is -0.108. The predicted molar refractivity (Wildman–Crippen MR) is 138 cm³/mol. The quantitative estimate of drug-likeness (QED) is 0.150. The van der Waals surface area contributed by atoms with Gasteiger partial charge in [-0.1, -0.05) is 23.9 Å². The molecule has 1 saturated carbocycles. The zero-order chi connectivity index (χ0) is 26.5. The van der Waals surface area contributed by atoms with Crippen molar-refractivity contribution in [2.75, 3.05) is 13.6 Å². The first-order chi connectivity index (χ1) is 17.2. The molecular formula is C25H30FN5O4S. The van der Waals surface area contributed by atoms with Gasteiger partial charge in [-0.05, 0) is 56.8 Å². The van der Waals surface area contributed by atoms with Crippen LogP contribution >= 0.6 is 11.8 Å². The summed E-state index contributed by atoms with van der Waals surface area (Å²) < 4.78 is 13.1. The topological polar surface area (TPSA) is 150 Å². The van der Waals surface area contributed by atoms with Crippen molar-refractivity contribution in [1.29, 1.82) is 10.8 Å². The van der Waals surface area contributed by atoms with Crippen molar-refractivity contribution in [1.82, 2.24) is 15.2 Å². The van der Waals surface area contributed by atoms with Crippen LogP contribution < -0.4 is 10.7 Å². The molecule has 1 aliphatic rings. The lowest BCUT2D eigenvalue weighted by atomic mass is 10.0. The van der Waals surface area contributed by atoms with Gasteiger partial charge in [0.05, 0.1) is 16.3 Å². The van der Waals surface area contributed by atoms with Crippen molar-refractivity contribution in [3.05, 3.63) is 63.3 Å². The Morgan fingerprint density at radius 1 is 1.36 bits per heavy atom. The van der Waals surface area contributed by atoms with E-state index in [1.807, 2.05) is 0 Å². The number of nitrogens with zero attached hydrogens (tertiary/aromatic N) is 1. The molecule has 0 radical (unpaired) electrons. The van der Waals surface area contributed by atoms with Crippen LogP contribution in [0.4, 0.5) is 4.39 Å². The van der Waals surface area contributed by atoms with E-state index in [9.17, 15) is 23.9 Å². The van der Waals surface area contributed by atoms with E-state index in [0.717, 1.165) is 24.5 Å². The summed E-state index contributed by atoms with van der Waals surface area (Å²) in [5.74, 6) is -1.61. The van der Waals surface area contributed by atoms with Crippen LogP contribution in [0.15, 0.2) is 35.3 Å². The summed E-state index contributed by atoms with van der Waals surface area (Å²) in [7, 11) is 1.74. The summed E-state index contributed by atoms with van der Waals surface area (Å²) in [6, 6.07) is 5.64. The number of aromatic nitrogens is 1. The second-order valence-electron chi connectivity index (χ2n) is 8.75. The molecule has 0 bridgehead atoms. The maximum atomic E-state index is 13.4. The highest BCUT2D eigenvalue weighted by Gasteiger charge is 2.45. The molecular weight excluding hydrogens is 485 g/mol. The fraction of sp³-hybridized carbons (Fsp3) is 0.400. The second-order valence-corrected chi connectivity index (χ2v) is 9.86. The average molecular weight is 516 g/mol. The third-order valence-electron chi connectivity index (χ3n) is 6.58. The first-order valence-electron chi connectivity index (χ1n) is 11.6. The van der Waals surface area contributed by atoms with Crippen molar-refractivity contribution < 1.29 is 19.1 Å². The largest absolute Gasteiger partial charge is 0.503 e. The minimum atomic E-state index is -0.885. The van der Waals surface area contributed by atoms with E-state index < -0.39 is 28.6 Å². The monoisotopic (exact) mass is 515 g/mol. The Hall–Kier alpha value is -3.31. The highest BCUT2D eigenvalue weighted by molar-refractivity contribution is 8.26. The van der Waals surface area contributed by atoms with E-state index in [-0.39, 0.29) is 33.7 Å². The SMILES string of the molecule is CCN(C(=O)c1[nH]cc(C(=N)SC(=N)Cc2ccc(F)cc2)c(=O)c1O)C1(NC)CCC(CC=O)C1. The molecule has 0 aliphatic heterocycles. The molecule has 1 aliphatic carbocycles. The first kappa shape index (κ1) is 27.3. The van der Waals surface area contributed by atoms with Gasteiger partial charge >= 0.3 is 0 Å². The number of carbonyl (C=O) groups excluding carboxylic acids is 2. The van der Waals surface area contributed by atoms with Crippen LogP contribution in [0.1, 0.15) is 54.2 Å². The molecule has 5 N–H and O–H groups in total. The Balaban J connectivity index is 1.78. The number of rotatable bonds is 9. The van der Waals surface area contributed by atoms with Crippen LogP contribution in [0.25, 0.3) is 0 Å². The fourth-order valence-electron chi connectivity index (χ4n) is 4.70. The standard InChI is InChI=1S/C25H30FN5O4S/c1-3-31(25(29-2)10-8-16(13-25)9-11-32)24(35)20-22(34)21(33)18(14-30-20)23(28)36-19(27)12-15-4-6-17(26)7-5-15/h4-7,11,14,16,27-29,34H,3,8-10,12-13H2,1-2H3,(H,30,33). The van der Waals surface area contributed by atoms with Crippen molar-refractivity contribution in [2.45, 2.75) is 44.7 Å². The number of benzene rings is 1. The zero-order valence-corrected chi connectivity index (χ0v) is 21.0. The van der Waals surface area contributed by atoms with Gasteiger partial charge in [-0.25, -0.2) is 4.39 Å². The van der Waals surface area contributed by atoms with Crippen LogP contribution in [-0.2, 0) is 11.2 Å². The molecule has 1 amide bonds. The van der Waals surface area contributed by atoms with E-state index in [2.05, 4.69) is 10.3 Å². The Kier molecular flexibility index (Phi) is 8.80. The van der Waals surface area contributed by atoms with Crippen molar-refractivity contribution in [2.24, 2.45) is 5.92 Å². The molecule has 192 valence electrons. The van der Waals surface area contributed by atoms with Crippen LogP contribution in [-0.4, -0.2) is 56.5 Å². The molecule has 1 fully saturated rings. The number of thioether (sulfide) groups is 1. The highest BCUT2D eigenvalue weighted by atomic mass is 32.2. The van der Waals surface area contributed by atoms with Gasteiger partial charge in [0.25, 0.3) is 5.91 Å². The summed E-state index contributed by atoms with van der Waals surface area (Å²) in [5.41, 5.74) is -1.36. The third-order valence-corrected chi connectivity index (χ3v) is 7.40. The van der Waals surface area contributed by atoms with Crippen LogP contribution in [0, 0.1) is 22.6 Å². The minimum absolute atomic E-state index is 0.0601. The molecule has 0 spiro atoms. The van der Waals surface area contributed by atoms with Crippen molar-refractivity contribution in [3.8, 4) is 5.75 Å².